The van der Waals surface area contributed by atoms with E-state index in [4.69, 9.17) is 5.73 Å². The van der Waals surface area contributed by atoms with Crippen LogP contribution in [0.3, 0.4) is 0 Å². The number of nitrogens with zero attached hydrogens (tertiary/aromatic N) is 1. The van der Waals surface area contributed by atoms with Gasteiger partial charge in [-0.1, -0.05) is 62.4 Å². The lowest BCUT2D eigenvalue weighted by Crippen LogP contribution is -2.59. The van der Waals surface area contributed by atoms with Crippen LogP contribution in [0.15, 0.2) is 73.3 Å². The molecule has 4 atom stereocenters. The first-order valence-electron chi connectivity index (χ1n) is 14.1. The second kappa shape index (κ2) is 14.3. The minimum atomic E-state index is -1.26. The first-order valence-corrected chi connectivity index (χ1v) is 14.1. The van der Waals surface area contributed by atoms with E-state index in [0.717, 1.165) is 22.0 Å². The molecule has 2 aromatic heterocycles. The summed E-state index contributed by atoms with van der Waals surface area (Å²) in [6, 6.07) is 12.5. The number of amides is 3. The number of carboxylic acids is 1. The zero-order chi connectivity index (χ0) is 30.9. The molecule has 4 rings (SSSR count). The maximum absolute atomic E-state index is 13.5. The van der Waals surface area contributed by atoms with Gasteiger partial charge in [-0.25, -0.2) is 9.78 Å². The number of fused-ring (bicyclic) bond motifs is 1. The van der Waals surface area contributed by atoms with Gasteiger partial charge >= 0.3 is 5.97 Å². The van der Waals surface area contributed by atoms with Crippen molar-refractivity contribution in [2.75, 3.05) is 0 Å². The van der Waals surface area contributed by atoms with E-state index in [-0.39, 0.29) is 25.2 Å². The van der Waals surface area contributed by atoms with Crippen LogP contribution in [-0.2, 0) is 38.4 Å². The quantitative estimate of drug-likeness (QED) is 0.116. The number of rotatable bonds is 14. The van der Waals surface area contributed by atoms with Gasteiger partial charge in [0.1, 0.15) is 18.1 Å². The number of aromatic amines is 2. The monoisotopic (exact) mass is 587 g/mol. The highest BCUT2D eigenvalue weighted by molar-refractivity contribution is 5.94. The Kier molecular flexibility index (Phi) is 10.3. The molecule has 0 aliphatic heterocycles. The van der Waals surface area contributed by atoms with Crippen molar-refractivity contribution in [1.82, 2.24) is 30.9 Å². The van der Waals surface area contributed by atoms with Crippen LogP contribution in [0.5, 0.6) is 0 Å². The third-order valence-electron chi connectivity index (χ3n) is 7.21. The van der Waals surface area contributed by atoms with Gasteiger partial charge in [0, 0.05) is 41.8 Å². The van der Waals surface area contributed by atoms with Gasteiger partial charge in [-0.15, -0.1) is 0 Å². The zero-order valence-corrected chi connectivity index (χ0v) is 24.0. The Morgan fingerprint density at radius 1 is 0.837 bits per heavy atom. The molecule has 2 aromatic carbocycles. The number of aromatic nitrogens is 3. The summed E-state index contributed by atoms with van der Waals surface area (Å²) >= 11 is 0. The van der Waals surface area contributed by atoms with Gasteiger partial charge in [0.05, 0.1) is 12.4 Å². The van der Waals surface area contributed by atoms with Crippen molar-refractivity contribution in [3.05, 3.63) is 90.1 Å². The molecule has 12 heteroatoms. The summed E-state index contributed by atoms with van der Waals surface area (Å²) in [7, 11) is 0. The third-order valence-corrected chi connectivity index (χ3v) is 7.21. The highest BCUT2D eigenvalue weighted by atomic mass is 16.4. The highest BCUT2D eigenvalue weighted by Gasteiger charge is 2.32. The summed E-state index contributed by atoms with van der Waals surface area (Å²) in [6.45, 7) is 3.53. The van der Waals surface area contributed by atoms with E-state index in [1.807, 2.05) is 54.6 Å². The van der Waals surface area contributed by atoms with Crippen molar-refractivity contribution >= 4 is 34.6 Å². The molecule has 2 heterocycles. The van der Waals surface area contributed by atoms with Gasteiger partial charge in [0.25, 0.3) is 0 Å². The second-order valence-corrected chi connectivity index (χ2v) is 10.8. The first-order chi connectivity index (χ1) is 20.6. The molecule has 3 amide bonds. The van der Waals surface area contributed by atoms with Crippen LogP contribution in [-0.4, -0.2) is 67.9 Å². The van der Waals surface area contributed by atoms with Crippen molar-refractivity contribution in [2.45, 2.75) is 57.3 Å². The lowest BCUT2D eigenvalue weighted by Gasteiger charge is -2.27. The number of benzene rings is 2. The molecule has 4 unspecified atom stereocenters. The van der Waals surface area contributed by atoms with Crippen LogP contribution in [0.25, 0.3) is 10.9 Å². The van der Waals surface area contributed by atoms with E-state index in [0.29, 0.717) is 5.69 Å². The van der Waals surface area contributed by atoms with Gasteiger partial charge in [-0.05, 0) is 29.5 Å². The Morgan fingerprint density at radius 2 is 1.53 bits per heavy atom. The summed E-state index contributed by atoms with van der Waals surface area (Å²) in [6.07, 6.45) is 5.00. The molecule has 4 aromatic rings. The van der Waals surface area contributed by atoms with Crippen LogP contribution in [0.1, 0.15) is 30.7 Å². The van der Waals surface area contributed by atoms with E-state index in [1.165, 1.54) is 12.5 Å². The van der Waals surface area contributed by atoms with Crippen molar-refractivity contribution in [3.8, 4) is 0 Å². The SMILES string of the molecule is CC(C)C(NC(=O)C(N)Cc1ccccc1)C(=O)NC(Cc1cnc[nH]1)C(=O)NC(Cc1c[nH]c2ccccc12)C(=O)O. The molecular weight excluding hydrogens is 550 g/mol. The number of carboxylic acid groups (broad SMARTS) is 1. The molecule has 0 bridgehead atoms. The van der Waals surface area contributed by atoms with Crippen molar-refractivity contribution < 1.29 is 24.3 Å². The van der Waals surface area contributed by atoms with Gasteiger partial charge in [0.2, 0.25) is 17.7 Å². The third kappa shape index (κ3) is 8.29. The van der Waals surface area contributed by atoms with Crippen LogP contribution in [0, 0.1) is 5.92 Å². The molecule has 0 aliphatic rings. The van der Waals surface area contributed by atoms with Crippen LogP contribution < -0.4 is 21.7 Å². The number of para-hydroxylation sites is 1. The van der Waals surface area contributed by atoms with E-state index >= 15 is 0 Å². The fourth-order valence-corrected chi connectivity index (χ4v) is 4.84. The minimum Gasteiger partial charge on any atom is -0.480 e. The second-order valence-electron chi connectivity index (χ2n) is 10.8. The average Bonchev–Trinajstić information content (AvgIpc) is 3.65. The van der Waals surface area contributed by atoms with Crippen LogP contribution in [0.4, 0.5) is 0 Å². The predicted molar refractivity (Wildman–Crippen MR) is 161 cm³/mol. The Hall–Kier alpha value is -4.97. The Balaban J connectivity index is 1.47. The summed E-state index contributed by atoms with van der Waals surface area (Å²) in [5, 5.41) is 18.8. The van der Waals surface area contributed by atoms with E-state index in [2.05, 4.69) is 30.9 Å². The summed E-state index contributed by atoms with van der Waals surface area (Å²) in [5.41, 5.74) is 9.15. The van der Waals surface area contributed by atoms with Gasteiger partial charge in [0.15, 0.2) is 0 Å². The number of carbonyl (C=O) groups is 4. The molecule has 0 saturated carbocycles. The summed E-state index contributed by atoms with van der Waals surface area (Å²) < 4.78 is 0. The Bertz CT molecular complexity index is 1530. The molecule has 0 spiro atoms. The smallest absolute Gasteiger partial charge is 0.326 e. The number of imidazole rings is 1. The number of H-pyrrole nitrogens is 2. The standard InChI is InChI=1S/C31H37N7O5/c1-18(2)27(38-28(39)23(32)12-19-8-4-3-5-9-19)30(41)36-25(14-21-16-33-17-35-21)29(40)37-26(31(42)43)13-20-15-34-24-11-7-6-10-22(20)24/h3-11,15-18,23,25-27,34H,12-14,32H2,1-2H3,(H,33,35)(H,36,41)(H,37,40)(H,38,39)(H,42,43). The fourth-order valence-electron chi connectivity index (χ4n) is 4.84. The maximum atomic E-state index is 13.5. The molecule has 0 aliphatic carbocycles. The van der Waals surface area contributed by atoms with E-state index in [1.54, 1.807) is 20.0 Å². The van der Waals surface area contributed by atoms with Crippen LogP contribution >= 0.6 is 0 Å². The molecule has 226 valence electrons. The van der Waals surface area contributed by atoms with Crippen LogP contribution in [0.2, 0.25) is 0 Å². The topological polar surface area (TPSA) is 195 Å². The number of nitrogens with one attached hydrogen (secondary N) is 5. The number of aliphatic carboxylic acids is 1. The lowest BCUT2D eigenvalue weighted by molar-refractivity contribution is -0.142. The Morgan fingerprint density at radius 3 is 2.21 bits per heavy atom. The summed E-state index contributed by atoms with van der Waals surface area (Å²) in [5.74, 6) is -3.34. The molecule has 0 saturated heterocycles. The van der Waals surface area contributed by atoms with Crippen molar-refractivity contribution in [1.29, 1.82) is 0 Å². The number of nitrogens with two attached hydrogens (primary N) is 1. The predicted octanol–water partition coefficient (Wildman–Crippen LogP) is 1.44. The maximum Gasteiger partial charge on any atom is 0.326 e. The largest absolute Gasteiger partial charge is 0.480 e. The molecule has 0 fully saturated rings. The van der Waals surface area contributed by atoms with Gasteiger partial charge < -0.3 is 36.8 Å². The molecule has 8 N–H and O–H groups in total. The first kappa shape index (κ1) is 31.0. The van der Waals surface area contributed by atoms with E-state index < -0.39 is 47.9 Å². The van der Waals surface area contributed by atoms with E-state index in [9.17, 15) is 24.3 Å². The number of hydrogen-bond acceptors (Lipinski definition) is 6. The highest BCUT2D eigenvalue weighted by Crippen LogP contribution is 2.19. The Labute approximate surface area is 248 Å². The summed E-state index contributed by atoms with van der Waals surface area (Å²) in [4.78, 5) is 62.1. The average molecular weight is 588 g/mol. The molecule has 12 nitrogen and oxygen atoms in total. The van der Waals surface area contributed by atoms with Crippen molar-refractivity contribution in [3.63, 3.8) is 0 Å². The van der Waals surface area contributed by atoms with Gasteiger partial charge in [-0.2, -0.15) is 0 Å². The normalized spacial score (nSPS) is 14.0. The van der Waals surface area contributed by atoms with Gasteiger partial charge in [-0.3, -0.25) is 14.4 Å². The van der Waals surface area contributed by atoms with Crippen molar-refractivity contribution in [2.24, 2.45) is 11.7 Å². The zero-order valence-electron chi connectivity index (χ0n) is 24.0. The molecular formula is C31H37N7O5. The number of hydrogen-bond donors (Lipinski definition) is 7. The fraction of sp³-hybridized carbons (Fsp3) is 0.323. The number of carbonyl (C=O) groups excluding carboxylic acids is 3. The lowest BCUT2D eigenvalue weighted by atomic mass is 10.00. The molecule has 0 radical (unpaired) electrons. The minimum absolute atomic E-state index is 0.0171. The molecule has 43 heavy (non-hydrogen) atoms.